The molecule has 0 unspecified atom stereocenters. The van der Waals surface area contributed by atoms with Crippen molar-refractivity contribution in [1.82, 2.24) is 4.98 Å². The summed E-state index contributed by atoms with van der Waals surface area (Å²) >= 11 is 0.588. The number of carbonyl (C=O) groups excluding carboxylic acids is 2. The van der Waals surface area contributed by atoms with Gasteiger partial charge in [0.05, 0.1) is 13.5 Å². The fourth-order valence-corrected chi connectivity index (χ4v) is 2.25. The van der Waals surface area contributed by atoms with E-state index in [0.717, 1.165) is 0 Å². The van der Waals surface area contributed by atoms with Gasteiger partial charge >= 0.3 is 10.8 Å². The smallest absolute Gasteiger partial charge is 0.316 e. The van der Waals surface area contributed by atoms with Crippen LogP contribution in [-0.4, -0.2) is 29.5 Å². The van der Waals surface area contributed by atoms with Gasteiger partial charge in [-0.1, -0.05) is 12.1 Å². The Kier molecular flexibility index (Phi) is 4.39. The maximum atomic E-state index is 11.8. The van der Waals surface area contributed by atoms with Gasteiger partial charge in [-0.05, 0) is 17.4 Å². The van der Waals surface area contributed by atoms with Crippen LogP contribution in [0, 0.1) is 0 Å². The number of ether oxygens (including phenoxy) is 2. The maximum Gasteiger partial charge on any atom is 0.316 e. The molecule has 8 heteroatoms. The van der Waals surface area contributed by atoms with Crippen LogP contribution >= 0.6 is 11.3 Å². The number of aromatic nitrogens is 1. The third kappa shape index (κ3) is 3.48. The van der Waals surface area contributed by atoms with Crippen molar-refractivity contribution < 1.29 is 24.2 Å². The van der Waals surface area contributed by atoms with Crippen molar-refractivity contribution in [2.45, 2.75) is 6.42 Å². The van der Waals surface area contributed by atoms with E-state index in [0.29, 0.717) is 34.5 Å². The van der Waals surface area contributed by atoms with Gasteiger partial charge in [-0.2, -0.15) is 0 Å². The molecule has 0 aliphatic carbocycles. The molecule has 110 valence electrons. The number of aromatic amines is 1. The molecule has 1 aromatic carbocycles. The Hall–Kier alpha value is -2.61. The summed E-state index contributed by atoms with van der Waals surface area (Å²) in [6.07, 6.45) is 0.535. The molecule has 0 aliphatic rings. The highest BCUT2D eigenvalue weighted by Gasteiger charge is 2.15. The molecule has 0 radical (unpaired) electrons. The molecule has 0 fully saturated rings. The predicted molar refractivity (Wildman–Crippen MR) is 74.3 cm³/mol. The number of aromatic hydroxyl groups is 1. The van der Waals surface area contributed by atoms with Gasteiger partial charge in [0.1, 0.15) is 12.0 Å². The molecule has 2 rings (SSSR count). The average Bonchev–Trinajstić information content (AvgIpc) is 2.77. The first-order valence-corrected chi connectivity index (χ1v) is 6.60. The second-order valence-corrected chi connectivity index (χ2v) is 4.94. The zero-order valence-corrected chi connectivity index (χ0v) is 11.7. The van der Waals surface area contributed by atoms with Gasteiger partial charge in [0.25, 0.3) is 0 Å². The number of hydrogen-bond acceptors (Lipinski definition) is 7. The number of aldehydes is 1. The Morgan fingerprint density at radius 3 is 2.81 bits per heavy atom. The molecular weight excluding hydrogens is 298 g/mol. The quantitative estimate of drug-likeness (QED) is 0.633. The molecule has 0 saturated carbocycles. The number of nitrogens with one attached hydrogen (secondary N) is 1. The van der Waals surface area contributed by atoms with Crippen LogP contribution in [0.25, 0.3) is 0 Å². The molecule has 2 aromatic rings. The van der Waals surface area contributed by atoms with Gasteiger partial charge in [-0.15, -0.1) is 0 Å². The molecular formula is C13H11NO6S. The Labute approximate surface area is 122 Å². The van der Waals surface area contributed by atoms with E-state index >= 15 is 0 Å². The number of carbonyl (C=O) groups is 2. The molecule has 1 aromatic heterocycles. The van der Waals surface area contributed by atoms with E-state index in [2.05, 4.69) is 4.98 Å². The molecule has 2 N–H and O–H groups in total. The molecule has 0 spiro atoms. The van der Waals surface area contributed by atoms with Crippen molar-refractivity contribution in [2.24, 2.45) is 0 Å². The molecule has 21 heavy (non-hydrogen) atoms. The molecule has 0 aliphatic heterocycles. The summed E-state index contributed by atoms with van der Waals surface area (Å²) in [6.45, 7) is 0. The SMILES string of the molecule is COc1cc(C=O)ccc1CC(=O)Oc1sc(=O)[nH]c1O. The van der Waals surface area contributed by atoms with Crippen molar-refractivity contribution >= 4 is 23.6 Å². The van der Waals surface area contributed by atoms with Crippen molar-refractivity contribution in [3.05, 3.63) is 39.0 Å². The highest BCUT2D eigenvalue weighted by atomic mass is 32.1. The summed E-state index contributed by atoms with van der Waals surface area (Å²) in [4.78, 5) is 35.0. The van der Waals surface area contributed by atoms with Gasteiger partial charge in [-0.25, -0.2) is 0 Å². The van der Waals surface area contributed by atoms with Crippen LogP contribution in [0.1, 0.15) is 15.9 Å². The van der Waals surface area contributed by atoms with E-state index in [-0.39, 0.29) is 11.5 Å². The summed E-state index contributed by atoms with van der Waals surface area (Å²) in [5, 5.41) is 9.14. The average molecular weight is 309 g/mol. The van der Waals surface area contributed by atoms with Gasteiger partial charge in [0, 0.05) is 11.1 Å². The summed E-state index contributed by atoms with van der Waals surface area (Å²) in [5.74, 6) is -0.776. The minimum absolute atomic E-state index is 0.131. The normalized spacial score (nSPS) is 10.1. The summed E-state index contributed by atoms with van der Waals surface area (Å²) in [5.41, 5.74) is 0.945. The van der Waals surface area contributed by atoms with E-state index in [9.17, 15) is 19.5 Å². The van der Waals surface area contributed by atoms with Gasteiger partial charge in [-0.3, -0.25) is 19.4 Å². The Morgan fingerprint density at radius 1 is 1.48 bits per heavy atom. The lowest BCUT2D eigenvalue weighted by Crippen LogP contribution is -2.11. The van der Waals surface area contributed by atoms with Crippen molar-refractivity contribution in [1.29, 1.82) is 0 Å². The first-order valence-electron chi connectivity index (χ1n) is 5.78. The summed E-state index contributed by atoms with van der Waals surface area (Å²) in [6, 6.07) is 4.62. The minimum Gasteiger partial charge on any atom is -0.496 e. The number of hydrogen-bond donors (Lipinski definition) is 2. The maximum absolute atomic E-state index is 11.8. The van der Waals surface area contributed by atoms with Crippen LogP contribution < -0.4 is 14.3 Å². The topological polar surface area (TPSA) is 106 Å². The number of rotatable bonds is 5. The Bertz CT molecular complexity index is 733. The highest BCUT2D eigenvalue weighted by molar-refractivity contribution is 7.11. The lowest BCUT2D eigenvalue weighted by Gasteiger charge is -2.08. The fraction of sp³-hybridized carbons (Fsp3) is 0.154. The predicted octanol–water partition coefficient (Wildman–Crippen LogP) is 1.11. The Morgan fingerprint density at radius 2 is 2.24 bits per heavy atom. The highest BCUT2D eigenvalue weighted by Crippen LogP contribution is 2.27. The van der Waals surface area contributed by atoms with Gasteiger partial charge < -0.3 is 14.6 Å². The van der Waals surface area contributed by atoms with Gasteiger partial charge in [0.2, 0.25) is 10.9 Å². The molecule has 0 saturated heterocycles. The number of methoxy groups -OCH3 is 1. The van der Waals surface area contributed by atoms with E-state index in [1.807, 2.05) is 0 Å². The molecule has 0 bridgehead atoms. The van der Waals surface area contributed by atoms with E-state index in [1.165, 1.54) is 13.2 Å². The summed E-state index contributed by atoms with van der Waals surface area (Å²) < 4.78 is 10.00. The molecule has 0 atom stereocenters. The van der Waals surface area contributed by atoms with Crippen LogP contribution in [0.2, 0.25) is 0 Å². The van der Waals surface area contributed by atoms with Crippen molar-refractivity contribution in [3.63, 3.8) is 0 Å². The van der Waals surface area contributed by atoms with E-state index in [4.69, 9.17) is 9.47 Å². The number of H-pyrrole nitrogens is 1. The number of esters is 1. The molecule has 1 heterocycles. The van der Waals surface area contributed by atoms with Crippen LogP contribution in [0.15, 0.2) is 23.0 Å². The lowest BCUT2D eigenvalue weighted by molar-refractivity contribution is -0.133. The van der Waals surface area contributed by atoms with Crippen LogP contribution in [-0.2, 0) is 11.2 Å². The van der Waals surface area contributed by atoms with Crippen LogP contribution in [0.3, 0.4) is 0 Å². The third-order valence-corrected chi connectivity index (χ3v) is 3.34. The van der Waals surface area contributed by atoms with Crippen molar-refractivity contribution in [3.8, 4) is 16.7 Å². The molecule has 7 nitrogen and oxygen atoms in total. The number of thiazole rings is 1. The monoisotopic (exact) mass is 309 g/mol. The zero-order chi connectivity index (χ0) is 15.4. The van der Waals surface area contributed by atoms with E-state index in [1.54, 1.807) is 12.1 Å². The second-order valence-electron chi connectivity index (χ2n) is 3.99. The van der Waals surface area contributed by atoms with Gasteiger partial charge in [0.15, 0.2) is 0 Å². The first kappa shape index (κ1) is 14.8. The van der Waals surface area contributed by atoms with Crippen LogP contribution in [0.4, 0.5) is 0 Å². The summed E-state index contributed by atoms with van der Waals surface area (Å²) in [7, 11) is 1.42. The van der Waals surface area contributed by atoms with Crippen LogP contribution in [0.5, 0.6) is 16.7 Å². The molecule has 0 amide bonds. The second kappa shape index (κ2) is 6.23. The van der Waals surface area contributed by atoms with E-state index < -0.39 is 16.7 Å². The Balaban J connectivity index is 2.14. The third-order valence-electron chi connectivity index (χ3n) is 2.59. The largest absolute Gasteiger partial charge is 0.496 e. The number of benzene rings is 1. The standard InChI is InChI=1S/C13H11NO6S/c1-19-9-4-7(6-15)2-3-8(9)5-10(16)20-12-11(17)14-13(18)21-12/h2-4,6,17H,5H2,1H3,(H,14,18). The fourth-order valence-electron chi connectivity index (χ4n) is 1.65. The zero-order valence-electron chi connectivity index (χ0n) is 10.9. The lowest BCUT2D eigenvalue weighted by atomic mass is 10.1. The minimum atomic E-state index is -0.669. The van der Waals surface area contributed by atoms with Crippen molar-refractivity contribution in [2.75, 3.05) is 7.11 Å². The first-order chi connectivity index (χ1) is 10.0.